The molecule has 2 aliphatic heterocycles. The number of nitrogens with zero attached hydrogens (tertiary/aromatic N) is 2. The lowest BCUT2D eigenvalue weighted by atomic mass is 9.58. The Bertz CT molecular complexity index is 4750. The van der Waals surface area contributed by atoms with Gasteiger partial charge in [-0.05, 0) is 370 Å². The van der Waals surface area contributed by atoms with Crippen LogP contribution in [0.1, 0.15) is 218 Å². The van der Waals surface area contributed by atoms with Gasteiger partial charge < -0.3 is 9.13 Å². The molecule has 0 N–H and O–H groups in total. The van der Waals surface area contributed by atoms with Crippen molar-refractivity contribution in [2.75, 3.05) is 0 Å². The van der Waals surface area contributed by atoms with Crippen LogP contribution in [0.15, 0.2) is 48.5 Å². The molecule has 2 atom stereocenters. The Labute approximate surface area is 485 Å². The topological polar surface area (TPSA) is 9.86 Å². The lowest BCUT2D eigenvalue weighted by molar-refractivity contribution is 0.749. The molecule has 2 heteroatoms. The molecule has 0 saturated heterocycles. The third-order valence-corrected chi connectivity index (χ3v) is 25.0. The van der Waals surface area contributed by atoms with Crippen LogP contribution in [0.3, 0.4) is 0 Å². The maximum absolute atomic E-state index is 2.74. The van der Waals surface area contributed by atoms with Crippen LogP contribution in [-0.2, 0) is 25.7 Å². The first-order valence-corrected chi connectivity index (χ1v) is 30.9. The van der Waals surface area contributed by atoms with Gasteiger partial charge in [0.1, 0.15) is 0 Å². The summed E-state index contributed by atoms with van der Waals surface area (Å²) in [7, 11) is 0. The maximum atomic E-state index is 2.74. The van der Waals surface area contributed by atoms with E-state index < -0.39 is 0 Å². The van der Waals surface area contributed by atoms with Gasteiger partial charge in [0.15, 0.2) is 0 Å². The van der Waals surface area contributed by atoms with Crippen molar-refractivity contribution < 1.29 is 0 Å². The van der Waals surface area contributed by atoms with E-state index in [0.29, 0.717) is 0 Å². The molecule has 82 heavy (non-hydrogen) atoms. The van der Waals surface area contributed by atoms with Crippen molar-refractivity contribution in [2.45, 2.75) is 175 Å². The number of aryl methyl sites for hydroxylation is 2. The minimum Gasteiger partial charge on any atom is -0.308 e. The average Bonchev–Trinajstić information content (AvgIpc) is 1.24. The van der Waals surface area contributed by atoms with Gasteiger partial charge in [0.2, 0.25) is 0 Å². The van der Waals surface area contributed by atoms with Gasteiger partial charge >= 0.3 is 0 Å². The second-order valence-electron chi connectivity index (χ2n) is 27.3. The largest absolute Gasteiger partial charge is 0.308 e. The van der Waals surface area contributed by atoms with E-state index in [1.54, 1.807) is 117 Å². The van der Waals surface area contributed by atoms with Crippen molar-refractivity contribution in [3.05, 3.63) is 249 Å². The Hall–Kier alpha value is -7.42. The number of benzene rings is 9. The van der Waals surface area contributed by atoms with Crippen molar-refractivity contribution in [1.29, 1.82) is 0 Å². The van der Waals surface area contributed by atoms with Gasteiger partial charge in [0, 0.05) is 39.3 Å². The molecular formula is C80H76N2. The van der Waals surface area contributed by atoms with Crippen molar-refractivity contribution in [3.8, 4) is 11.4 Å². The fraction of sp³-hybridized carbons (Fsp3) is 0.325. The third-order valence-electron chi connectivity index (χ3n) is 25.0. The molecule has 9 aromatic carbocycles. The Morgan fingerprint density at radius 1 is 0.244 bits per heavy atom. The summed E-state index contributed by atoms with van der Waals surface area (Å²) in [5.74, 6) is 0.375. The SMILES string of the molecule is Cc1c(C)c2c3c(c1C)Cc1c(C)c4c(c(C)c1C3c1c(C)c3c(c(C)c1C2)Cc1c(C)c(C)c(C)c2c1C3c1c(C)c(C)c(C)c3c5ccccc5n-2c13)C1c2c(c(C)c(C)c(C)c2-n2c3ccccc3c3c(C)c(C)c(C)c1c32)C4. The highest BCUT2D eigenvalue weighted by Gasteiger charge is 2.49. The molecule has 6 aliphatic rings. The van der Waals surface area contributed by atoms with Gasteiger partial charge in [-0.15, -0.1) is 0 Å². The predicted octanol–water partition coefficient (Wildman–Crippen LogP) is 19.5. The van der Waals surface area contributed by atoms with Crippen LogP contribution in [0.25, 0.3) is 55.0 Å². The number of rotatable bonds is 0. The summed E-state index contributed by atoms with van der Waals surface area (Å²) in [5, 5.41) is 5.65. The summed E-state index contributed by atoms with van der Waals surface area (Å²) in [6.45, 7) is 46.9. The molecule has 4 heterocycles. The van der Waals surface area contributed by atoms with Crippen LogP contribution < -0.4 is 0 Å². The van der Waals surface area contributed by atoms with Gasteiger partial charge in [-0.1, -0.05) is 36.4 Å². The maximum Gasteiger partial charge on any atom is 0.0588 e. The summed E-state index contributed by atoms with van der Waals surface area (Å²) >= 11 is 0. The van der Waals surface area contributed by atoms with E-state index in [-0.39, 0.29) is 17.8 Å². The monoisotopic (exact) mass is 1060 g/mol. The molecular weight excluding hydrogens is 989 g/mol. The molecule has 0 bridgehead atoms. The molecule has 0 fully saturated rings. The number of fused-ring (bicyclic) bond motifs is 18. The fourth-order valence-electron chi connectivity index (χ4n) is 19.7. The van der Waals surface area contributed by atoms with Crippen LogP contribution >= 0.6 is 0 Å². The van der Waals surface area contributed by atoms with E-state index in [9.17, 15) is 0 Å². The molecule has 0 saturated carbocycles. The number of aromatic nitrogens is 2. The van der Waals surface area contributed by atoms with Gasteiger partial charge in [0.05, 0.1) is 33.4 Å². The minimum atomic E-state index is 0.125. The summed E-state index contributed by atoms with van der Waals surface area (Å²) in [5.41, 5.74) is 63.6. The van der Waals surface area contributed by atoms with E-state index in [4.69, 9.17) is 0 Å². The first-order valence-electron chi connectivity index (χ1n) is 30.9. The van der Waals surface area contributed by atoms with Crippen LogP contribution in [0.2, 0.25) is 0 Å². The summed E-state index contributed by atoms with van der Waals surface area (Å²) < 4.78 is 5.49. The molecule has 17 rings (SSSR count). The quantitative estimate of drug-likeness (QED) is 0.143. The average molecular weight is 1070 g/mol. The van der Waals surface area contributed by atoms with Crippen molar-refractivity contribution in [1.82, 2.24) is 9.13 Å². The second kappa shape index (κ2) is 15.6. The van der Waals surface area contributed by atoms with Gasteiger partial charge in [-0.3, -0.25) is 0 Å². The Kier molecular flexibility index (Phi) is 9.37. The van der Waals surface area contributed by atoms with Crippen molar-refractivity contribution in [3.63, 3.8) is 0 Å². The van der Waals surface area contributed by atoms with Crippen molar-refractivity contribution >= 4 is 43.6 Å². The molecule has 0 amide bonds. The zero-order valence-corrected chi connectivity index (χ0v) is 52.1. The lowest BCUT2D eigenvalue weighted by Gasteiger charge is -2.46. The summed E-state index contributed by atoms with van der Waals surface area (Å²) in [6, 6.07) is 18.7. The molecule has 406 valence electrons. The highest BCUT2D eigenvalue weighted by Crippen LogP contribution is 2.63. The Morgan fingerprint density at radius 2 is 0.524 bits per heavy atom. The lowest BCUT2D eigenvalue weighted by Crippen LogP contribution is -2.33. The Morgan fingerprint density at radius 3 is 0.878 bits per heavy atom. The number of hydrogen-bond donors (Lipinski definition) is 0. The smallest absolute Gasteiger partial charge is 0.0588 e. The van der Waals surface area contributed by atoms with E-state index in [2.05, 4.69) is 189 Å². The molecule has 0 radical (unpaired) electrons. The van der Waals surface area contributed by atoms with E-state index in [1.165, 1.54) is 138 Å². The predicted molar refractivity (Wildman–Crippen MR) is 345 cm³/mol. The normalized spacial score (nSPS) is 17.1. The van der Waals surface area contributed by atoms with Crippen LogP contribution in [0.4, 0.5) is 0 Å². The minimum absolute atomic E-state index is 0.125. The van der Waals surface area contributed by atoms with E-state index >= 15 is 0 Å². The number of hydrogen-bond acceptors (Lipinski definition) is 0. The van der Waals surface area contributed by atoms with Crippen LogP contribution in [0, 0.1) is 132 Å². The van der Waals surface area contributed by atoms with Crippen LogP contribution in [-0.4, -0.2) is 9.13 Å². The summed E-state index contributed by atoms with van der Waals surface area (Å²) in [4.78, 5) is 0. The standard InChI is InChI=1S/C80H76N2/c1-32-37(6)53-28-57-47(16)59-30-55-39(8)33(2)45(14)77-72(55)75(69-43(12)35(4)41(10)67-51-24-20-22-26-61(51)81(77)79(67)69)65(59)49(18)63(57)74-64-50(19)66-60(48(17)58(64)29-54(38(32)7)71(53)74)31-56-40(9)34(3)46(15)78-73(56)76(66)70-44(13)36(5)42(11)68-52-25-21-23-27-62(52)82(78)80(68)70/h20-27,74-76H,28-31H2,1-19H3. The zero-order chi connectivity index (χ0) is 56.9. The Balaban J connectivity index is 1.01. The van der Waals surface area contributed by atoms with Crippen molar-refractivity contribution in [2.24, 2.45) is 0 Å². The second-order valence-corrected chi connectivity index (χ2v) is 27.3. The fourth-order valence-corrected chi connectivity index (χ4v) is 19.7. The highest BCUT2D eigenvalue weighted by molar-refractivity contribution is 6.16. The van der Waals surface area contributed by atoms with Crippen LogP contribution in [0.5, 0.6) is 0 Å². The summed E-state index contributed by atoms with van der Waals surface area (Å²) in [6.07, 6.45) is 3.94. The van der Waals surface area contributed by atoms with E-state index in [0.717, 1.165) is 25.7 Å². The molecule has 2 unspecified atom stereocenters. The van der Waals surface area contributed by atoms with Gasteiger partial charge in [-0.25, -0.2) is 0 Å². The first-order chi connectivity index (χ1) is 39.2. The zero-order valence-electron chi connectivity index (χ0n) is 52.1. The molecule has 2 nitrogen and oxygen atoms in total. The molecule has 0 spiro atoms. The first kappa shape index (κ1) is 49.2. The molecule has 2 aromatic heterocycles. The van der Waals surface area contributed by atoms with Gasteiger partial charge in [0.25, 0.3) is 0 Å². The number of para-hydroxylation sites is 2. The van der Waals surface area contributed by atoms with E-state index in [1.807, 2.05) is 0 Å². The van der Waals surface area contributed by atoms with Gasteiger partial charge in [-0.2, -0.15) is 0 Å². The molecule has 4 aliphatic carbocycles. The third kappa shape index (κ3) is 5.23. The highest BCUT2D eigenvalue weighted by atomic mass is 15.0. The molecule has 11 aromatic rings.